The molecule has 1 aliphatic rings. The van der Waals surface area contributed by atoms with Crippen LogP contribution in [0.3, 0.4) is 0 Å². The summed E-state index contributed by atoms with van der Waals surface area (Å²) in [6, 6.07) is 14.0. The molecule has 0 unspecified atom stereocenters. The van der Waals surface area contributed by atoms with Crippen LogP contribution in [0.2, 0.25) is 0 Å². The third-order valence-electron chi connectivity index (χ3n) is 5.15. The molecule has 1 saturated carbocycles. The first-order chi connectivity index (χ1) is 13.3. The van der Waals surface area contributed by atoms with E-state index in [-0.39, 0.29) is 23.2 Å². The molecule has 5 nitrogen and oxygen atoms in total. The van der Waals surface area contributed by atoms with Crippen molar-refractivity contribution in [3.05, 3.63) is 59.2 Å². The van der Waals surface area contributed by atoms with Crippen molar-refractivity contribution >= 4 is 12.1 Å². The Morgan fingerprint density at radius 3 is 2.43 bits per heavy atom. The number of hydrogen-bond donors (Lipinski definition) is 1. The van der Waals surface area contributed by atoms with Crippen LogP contribution in [0, 0.1) is 5.92 Å². The van der Waals surface area contributed by atoms with Crippen molar-refractivity contribution < 1.29 is 14.3 Å². The number of nitrogens with zero attached hydrogens (tertiary/aromatic N) is 1. The van der Waals surface area contributed by atoms with Crippen molar-refractivity contribution in [2.75, 3.05) is 14.2 Å². The van der Waals surface area contributed by atoms with Gasteiger partial charge >= 0.3 is 0 Å². The maximum atomic E-state index is 12.4. The van der Waals surface area contributed by atoms with E-state index in [4.69, 9.17) is 9.47 Å². The van der Waals surface area contributed by atoms with Crippen LogP contribution in [0.15, 0.2) is 47.6 Å². The lowest BCUT2D eigenvalue weighted by molar-refractivity contribution is -0.122. The largest absolute Gasteiger partial charge is 0.497 e. The first kappa shape index (κ1) is 19.9. The fraction of sp³-hybridized carbons (Fsp3) is 0.391. The van der Waals surface area contributed by atoms with Crippen LogP contribution in [0.1, 0.15) is 49.8 Å². The van der Waals surface area contributed by atoms with Gasteiger partial charge in [-0.05, 0) is 47.1 Å². The van der Waals surface area contributed by atoms with Gasteiger partial charge in [0, 0.05) is 11.5 Å². The molecule has 148 valence electrons. The molecule has 2 atom stereocenters. The quantitative estimate of drug-likeness (QED) is 0.602. The predicted molar refractivity (Wildman–Crippen MR) is 111 cm³/mol. The molecule has 1 aliphatic carbocycles. The number of methoxy groups -OCH3 is 2. The van der Waals surface area contributed by atoms with Gasteiger partial charge in [-0.3, -0.25) is 4.79 Å². The minimum Gasteiger partial charge on any atom is -0.497 e. The van der Waals surface area contributed by atoms with Crippen LogP contribution in [0.25, 0.3) is 0 Å². The van der Waals surface area contributed by atoms with Crippen LogP contribution in [-0.4, -0.2) is 26.3 Å². The maximum absolute atomic E-state index is 12.4. The summed E-state index contributed by atoms with van der Waals surface area (Å²) in [7, 11) is 3.20. The Bertz CT molecular complexity index is 866. The maximum Gasteiger partial charge on any atom is 0.243 e. The second kappa shape index (κ2) is 8.05. The number of carbonyl (C=O) groups excluding carboxylic acids is 1. The normalized spacial score (nSPS) is 18.8. The van der Waals surface area contributed by atoms with E-state index >= 15 is 0 Å². The molecule has 0 heterocycles. The number of carbonyl (C=O) groups is 1. The molecular weight excluding hydrogens is 352 g/mol. The summed E-state index contributed by atoms with van der Waals surface area (Å²) in [5.74, 6) is 1.57. The van der Waals surface area contributed by atoms with Crippen molar-refractivity contribution in [1.29, 1.82) is 0 Å². The molecule has 0 saturated heterocycles. The molecule has 1 amide bonds. The molecule has 2 aromatic rings. The zero-order valence-electron chi connectivity index (χ0n) is 17.2. The Morgan fingerprint density at radius 2 is 1.82 bits per heavy atom. The summed E-state index contributed by atoms with van der Waals surface area (Å²) in [5, 5.41) is 4.10. The summed E-state index contributed by atoms with van der Waals surface area (Å²) >= 11 is 0. The van der Waals surface area contributed by atoms with Gasteiger partial charge in [-0.25, -0.2) is 5.43 Å². The number of amides is 1. The average molecular weight is 380 g/mol. The Balaban J connectivity index is 1.59. The minimum atomic E-state index is -0.0528. The summed E-state index contributed by atoms with van der Waals surface area (Å²) in [4.78, 5) is 12.4. The molecule has 28 heavy (non-hydrogen) atoms. The van der Waals surface area contributed by atoms with Crippen LogP contribution in [0.4, 0.5) is 0 Å². The van der Waals surface area contributed by atoms with Gasteiger partial charge in [0.25, 0.3) is 0 Å². The Morgan fingerprint density at radius 1 is 1.11 bits per heavy atom. The molecule has 0 spiro atoms. The molecule has 1 fully saturated rings. The Hall–Kier alpha value is -2.82. The number of nitrogens with one attached hydrogen (secondary N) is 1. The Kier molecular flexibility index (Phi) is 5.73. The first-order valence-electron chi connectivity index (χ1n) is 9.49. The van der Waals surface area contributed by atoms with E-state index in [1.165, 1.54) is 11.1 Å². The summed E-state index contributed by atoms with van der Waals surface area (Å²) in [6.07, 6.45) is 2.44. The van der Waals surface area contributed by atoms with E-state index in [0.29, 0.717) is 11.5 Å². The van der Waals surface area contributed by atoms with Crippen molar-refractivity contribution in [1.82, 2.24) is 5.43 Å². The molecule has 5 heteroatoms. The van der Waals surface area contributed by atoms with Gasteiger partial charge in [-0.15, -0.1) is 0 Å². The summed E-state index contributed by atoms with van der Waals surface area (Å²) in [6.45, 7) is 6.60. The molecule has 2 aromatic carbocycles. The lowest BCUT2D eigenvalue weighted by Crippen LogP contribution is -2.20. The highest BCUT2D eigenvalue weighted by Gasteiger charge is 2.44. The second-order valence-electron chi connectivity index (χ2n) is 8.16. The first-order valence-corrected chi connectivity index (χ1v) is 9.49. The highest BCUT2D eigenvalue weighted by molar-refractivity contribution is 5.87. The van der Waals surface area contributed by atoms with Crippen LogP contribution >= 0.6 is 0 Å². The van der Waals surface area contributed by atoms with Crippen LogP contribution in [-0.2, 0) is 10.2 Å². The van der Waals surface area contributed by atoms with Gasteiger partial charge in [0.05, 0.1) is 20.4 Å². The van der Waals surface area contributed by atoms with Gasteiger partial charge < -0.3 is 9.47 Å². The topological polar surface area (TPSA) is 59.9 Å². The molecule has 0 radical (unpaired) electrons. The summed E-state index contributed by atoms with van der Waals surface area (Å²) < 4.78 is 10.5. The van der Waals surface area contributed by atoms with E-state index in [2.05, 4.69) is 55.6 Å². The SMILES string of the molecule is COc1ccc(OC)c(/C=N\NC(=O)[C@H]2C[C@H]2c2ccc(C(C)(C)C)cc2)c1. The van der Waals surface area contributed by atoms with Crippen molar-refractivity contribution in [3.63, 3.8) is 0 Å². The van der Waals surface area contributed by atoms with Crippen LogP contribution < -0.4 is 14.9 Å². The minimum absolute atomic E-state index is 0.0233. The van der Waals surface area contributed by atoms with Crippen LogP contribution in [0.5, 0.6) is 11.5 Å². The molecule has 3 rings (SSSR count). The fourth-order valence-electron chi connectivity index (χ4n) is 3.27. The van der Waals surface area contributed by atoms with E-state index in [0.717, 1.165) is 12.0 Å². The number of hydrazone groups is 1. The number of rotatable bonds is 6. The van der Waals surface area contributed by atoms with E-state index in [1.807, 2.05) is 12.1 Å². The molecule has 0 bridgehead atoms. The zero-order valence-corrected chi connectivity index (χ0v) is 17.2. The fourth-order valence-corrected chi connectivity index (χ4v) is 3.27. The number of benzene rings is 2. The molecule has 0 aromatic heterocycles. The summed E-state index contributed by atoms with van der Waals surface area (Å²) in [5.41, 5.74) is 6.04. The highest BCUT2D eigenvalue weighted by Crippen LogP contribution is 2.47. The molecular formula is C23H28N2O3. The number of hydrogen-bond acceptors (Lipinski definition) is 4. The number of ether oxygens (including phenoxy) is 2. The zero-order chi connectivity index (χ0) is 20.3. The van der Waals surface area contributed by atoms with Gasteiger partial charge in [0.2, 0.25) is 5.91 Å². The van der Waals surface area contributed by atoms with E-state index in [1.54, 1.807) is 26.5 Å². The van der Waals surface area contributed by atoms with Gasteiger partial charge in [-0.2, -0.15) is 5.10 Å². The average Bonchev–Trinajstić information content (AvgIpc) is 3.48. The van der Waals surface area contributed by atoms with Gasteiger partial charge in [-0.1, -0.05) is 45.0 Å². The lowest BCUT2D eigenvalue weighted by atomic mass is 9.86. The monoisotopic (exact) mass is 380 g/mol. The smallest absolute Gasteiger partial charge is 0.243 e. The lowest BCUT2D eigenvalue weighted by Gasteiger charge is -2.19. The second-order valence-corrected chi connectivity index (χ2v) is 8.16. The van der Waals surface area contributed by atoms with Gasteiger partial charge in [0.1, 0.15) is 11.5 Å². The molecule has 1 N–H and O–H groups in total. The van der Waals surface area contributed by atoms with E-state index in [9.17, 15) is 4.79 Å². The highest BCUT2D eigenvalue weighted by atomic mass is 16.5. The predicted octanol–water partition coefficient (Wildman–Crippen LogP) is 4.26. The van der Waals surface area contributed by atoms with Crippen molar-refractivity contribution in [3.8, 4) is 11.5 Å². The van der Waals surface area contributed by atoms with E-state index < -0.39 is 0 Å². The van der Waals surface area contributed by atoms with Crippen molar-refractivity contribution in [2.24, 2.45) is 11.0 Å². The van der Waals surface area contributed by atoms with Crippen molar-refractivity contribution in [2.45, 2.75) is 38.5 Å². The third kappa shape index (κ3) is 4.53. The molecule has 0 aliphatic heterocycles. The Labute approximate surface area is 166 Å². The third-order valence-corrected chi connectivity index (χ3v) is 5.15. The standard InChI is InChI=1S/C23H28N2O3/c1-23(2,3)17-8-6-15(7-9-17)19-13-20(19)22(26)25-24-14-16-12-18(27-4)10-11-21(16)28-5/h6-12,14,19-20H,13H2,1-5H3,(H,25,26)/b24-14-/t19-,20-/m0/s1. The van der Waals surface area contributed by atoms with Gasteiger partial charge in [0.15, 0.2) is 0 Å².